The van der Waals surface area contributed by atoms with E-state index in [0.29, 0.717) is 0 Å². The van der Waals surface area contributed by atoms with Gasteiger partial charge in [0.15, 0.2) is 6.10 Å². The van der Waals surface area contributed by atoms with E-state index in [9.17, 15) is 0 Å². The molecule has 2 heterocycles. The van der Waals surface area contributed by atoms with Crippen molar-refractivity contribution < 1.29 is 4.84 Å². The predicted molar refractivity (Wildman–Crippen MR) is 39.0 cm³/mol. The third-order valence-electron chi connectivity index (χ3n) is 1.50. The minimum Gasteiger partial charge on any atom is -0.386 e. The molecule has 4 nitrogen and oxygen atoms in total. The van der Waals surface area contributed by atoms with Crippen molar-refractivity contribution in [1.29, 1.82) is 0 Å². The molecule has 56 valence electrons. The van der Waals surface area contributed by atoms with Crippen molar-refractivity contribution in [2.45, 2.75) is 12.5 Å². The summed E-state index contributed by atoms with van der Waals surface area (Å²) in [6.45, 7) is 0. The number of hydrogen-bond donors (Lipinski definition) is 0. The molecule has 0 spiro atoms. The van der Waals surface area contributed by atoms with Crippen LogP contribution in [0.2, 0.25) is 0 Å². The molecule has 0 saturated carbocycles. The number of nitrogens with zero attached hydrogens (tertiary/aromatic N) is 3. The van der Waals surface area contributed by atoms with Crippen LogP contribution in [0.4, 0.5) is 0 Å². The molecule has 0 bridgehead atoms. The second-order valence-electron chi connectivity index (χ2n) is 2.25. The summed E-state index contributed by atoms with van der Waals surface area (Å²) in [5.74, 6) is 0. The Balaban J connectivity index is 2.17. The molecule has 0 amide bonds. The number of aromatic nitrogens is 2. The first-order chi connectivity index (χ1) is 5.47. The molecule has 1 aliphatic heterocycles. The normalized spacial score (nSPS) is 21.6. The predicted octanol–water partition coefficient (Wildman–Crippen LogP) is 0.924. The van der Waals surface area contributed by atoms with E-state index < -0.39 is 0 Å². The van der Waals surface area contributed by atoms with Crippen LogP contribution in [0, 0.1) is 0 Å². The Hall–Kier alpha value is -1.45. The average Bonchev–Trinajstić information content (AvgIpc) is 2.58. The molecule has 1 aromatic rings. The zero-order chi connectivity index (χ0) is 7.52. The number of oxime groups is 1. The molecule has 11 heavy (non-hydrogen) atoms. The van der Waals surface area contributed by atoms with Crippen LogP contribution in [0.5, 0.6) is 0 Å². The van der Waals surface area contributed by atoms with E-state index in [0.717, 1.165) is 12.1 Å². The fraction of sp³-hybridized carbons (Fsp3) is 0.286. The molecule has 1 aromatic heterocycles. The van der Waals surface area contributed by atoms with Gasteiger partial charge in [-0.1, -0.05) is 5.16 Å². The quantitative estimate of drug-likeness (QED) is 0.596. The second-order valence-corrected chi connectivity index (χ2v) is 2.25. The van der Waals surface area contributed by atoms with Gasteiger partial charge in [-0.2, -0.15) is 0 Å². The maximum Gasteiger partial charge on any atom is 0.175 e. The molecule has 1 aliphatic rings. The smallest absolute Gasteiger partial charge is 0.175 e. The molecular formula is C7H7N3O. The van der Waals surface area contributed by atoms with Crippen LogP contribution in [0.25, 0.3) is 0 Å². The Bertz CT molecular complexity index is 252. The lowest BCUT2D eigenvalue weighted by molar-refractivity contribution is 0.0823. The minimum absolute atomic E-state index is 0.0244. The number of rotatable bonds is 1. The zero-order valence-electron chi connectivity index (χ0n) is 5.84. The van der Waals surface area contributed by atoms with Crippen LogP contribution in [0.3, 0.4) is 0 Å². The summed E-state index contributed by atoms with van der Waals surface area (Å²) in [5, 5.41) is 3.65. The molecule has 4 heteroatoms. The molecule has 0 aliphatic carbocycles. The largest absolute Gasteiger partial charge is 0.386 e. The van der Waals surface area contributed by atoms with Gasteiger partial charge >= 0.3 is 0 Å². The van der Waals surface area contributed by atoms with Gasteiger partial charge in [0.05, 0.1) is 6.20 Å². The Kier molecular flexibility index (Phi) is 1.51. The summed E-state index contributed by atoms with van der Waals surface area (Å²) >= 11 is 0. The van der Waals surface area contributed by atoms with Gasteiger partial charge in [-0.15, -0.1) is 0 Å². The van der Waals surface area contributed by atoms with Crippen molar-refractivity contribution in [2.75, 3.05) is 0 Å². The molecule has 0 radical (unpaired) electrons. The highest BCUT2D eigenvalue weighted by Gasteiger charge is 2.16. The van der Waals surface area contributed by atoms with E-state index in [1.54, 1.807) is 24.8 Å². The van der Waals surface area contributed by atoms with E-state index in [-0.39, 0.29) is 6.10 Å². The van der Waals surface area contributed by atoms with Crippen LogP contribution in [0.15, 0.2) is 23.7 Å². The second kappa shape index (κ2) is 2.65. The Morgan fingerprint density at radius 3 is 3.09 bits per heavy atom. The van der Waals surface area contributed by atoms with Crippen LogP contribution >= 0.6 is 0 Å². The van der Waals surface area contributed by atoms with Gasteiger partial charge in [0.2, 0.25) is 0 Å². The highest BCUT2D eigenvalue weighted by molar-refractivity contribution is 5.58. The van der Waals surface area contributed by atoms with Gasteiger partial charge < -0.3 is 4.84 Å². The standard InChI is InChI=1S/C7H7N3O/c1-2-10-11-7(1)6-5-8-3-4-9-6/h2-5,7H,1H2. The fourth-order valence-electron chi connectivity index (χ4n) is 0.950. The lowest BCUT2D eigenvalue weighted by Gasteiger charge is -2.04. The Labute approximate surface area is 63.9 Å². The summed E-state index contributed by atoms with van der Waals surface area (Å²) < 4.78 is 0. The van der Waals surface area contributed by atoms with Crippen LogP contribution < -0.4 is 0 Å². The van der Waals surface area contributed by atoms with Crippen LogP contribution in [-0.4, -0.2) is 16.2 Å². The Morgan fingerprint density at radius 1 is 1.45 bits per heavy atom. The highest BCUT2D eigenvalue weighted by atomic mass is 16.6. The molecule has 1 unspecified atom stereocenters. The summed E-state index contributed by atoms with van der Waals surface area (Å²) in [4.78, 5) is 13.0. The maximum absolute atomic E-state index is 5.01. The first kappa shape index (κ1) is 6.27. The molecule has 1 atom stereocenters. The van der Waals surface area contributed by atoms with Crippen LogP contribution in [0.1, 0.15) is 18.2 Å². The maximum atomic E-state index is 5.01. The van der Waals surface area contributed by atoms with Gasteiger partial charge in [-0.25, -0.2) is 0 Å². The Morgan fingerprint density at radius 2 is 2.45 bits per heavy atom. The summed E-state index contributed by atoms with van der Waals surface area (Å²) in [5.41, 5.74) is 0.838. The lowest BCUT2D eigenvalue weighted by Crippen LogP contribution is -1.98. The lowest BCUT2D eigenvalue weighted by atomic mass is 10.2. The molecule has 0 aromatic carbocycles. The zero-order valence-corrected chi connectivity index (χ0v) is 5.84. The average molecular weight is 149 g/mol. The first-order valence-corrected chi connectivity index (χ1v) is 3.40. The minimum atomic E-state index is -0.0244. The summed E-state index contributed by atoms with van der Waals surface area (Å²) in [6.07, 6.45) is 7.48. The monoisotopic (exact) mass is 149 g/mol. The first-order valence-electron chi connectivity index (χ1n) is 3.40. The number of hydrogen-bond acceptors (Lipinski definition) is 4. The third kappa shape index (κ3) is 1.19. The van der Waals surface area contributed by atoms with Gasteiger partial charge in [0.25, 0.3) is 0 Å². The molecular weight excluding hydrogens is 142 g/mol. The van der Waals surface area contributed by atoms with Crippen molar-refractivity contribution in [1.82, 2.24) is 9.97 Å². The fourth-order valence-corrected chi connectivity index (χ4v) is 0.950. The van der Waals surface area contributed by atoms with E-state index in [2.05, 4.69) is 15.1 Å². The summed E-state index contributed by atoms with van der Waals surface area (Å²) in [7, 11) is 0. The SMILES string of the molecule is C1=NOC(c2cnccn2)C1. The van der Waals surface area contributed by atoms with Crippen molar-refractivity contribution in [3.63, 3.8) is 0 Å². The van der Waals surface area contributed by atoms with E-state index >= 15 is 0 Å². The van der Waals surface area contributed by atoms with Crippen LogP contribution in [-0.2, 0) is 4.84 Å². The van der Waals surface area contributed by atoms with Crippen molar-refractivity contribution in [2.24, 2.45) is 5.16 Å². The van der Waals surface area contributed by atoms with E-state index in [4.69, 9.17) is 4.84 Å². The van der Waals surface area contributed by atoms with Gasteiger partial charge in [-0.3, -0.25) is 9.97 Å². The van der Waals surface area contributed by atoms with Gasteiger partial charge in [0.1, 0.15) is 5.69 Å². The highest BCUT2D eigenvalue weighted by Crippen LogP contribution is 2.20. The van der Waals surface area contributed by atoms with E-state index in [1.807, 2.05) is 0 Å². The molecule has 0 saturated heterocycles. The van der Waals surface area contributed by atoms with Crippen molar-refractivity contribution >= 4 is 6.21 Å². The molecule has 2 rings (SSSR count). The molecule has 0 N–H and O–H groups in total. The molecule has 0 fully saturated rings. The van der Waals surface area contributed by atoms with Gasteiger partial charge in [-0.05, 0) is 0 Å². The summed E-state index contributed by atoms with van der Waals surface area (Å²) in [6, 6.07) is 0. The van der Waals surface area contributed by atoms with Crippen molar-refractivity contribution in [3.05, 3.63) is 24.3 Å². The van der Waals surface area contributed by atoms with Gasteiger partial charge in [0, 0.05) is 25.0 Å². The topological polar surface area (TPSA) is 47.4 Å². The van der Waals surface area contributed by atoms with Crippen molar-refractivity contribution in [3.8, 4) is 0 Å². The van der Waals surface area contributed by atoms with E-state index in [1.165, 1.54) is 0 Å². The third-order valence-corrected chi connectivity index (χ3v) is 1.50.